The molecular formula is C20H24N4O2S. The zero-order chi connectivity index (χ0) is 19.0. The van der Waals surface area contributed by atoms with Crippen LogP contribution in [-0.4, -0.2) is 47.9 Å². The van der Waals surface area contributed by atoms with Crippen molar-refractivity contribution in [3.63, 3.8) is 0 Å². The van der Waals surface area contributed by atoms with Crippen molar-refractivity contribution in [2.45, 2.75) is 19.8 Å². The highest BCUT2D eigenvalue weighted by molar-refractivity contribution is 7.09. The van der Waals surface area contributed by atoms with Crippen LogP contribution < -0.4 is 10.6 Å². The Morgan fingerprint density at radius 1 is 1.22 bits per heavy atom. The van der Waals surface area contributed by atoms with Crippen molar-refractivity contribution in [2.75, 3.05) is 31.1 Å². The predicted octanol–water partition coefficient (Wildman–Crippen LogP) is 2.08. The highest BCUT2D eigenvalue weighted by Crippen LogP contribution is 2.35. The van der Waals surface area contributed by atoms with E-state index in [9.17, 15) is 9.59 Å². The van der Waals surface area contributed by atoms with Gasteiger partial charge in [0.1, 0.15) is 5.69 Å². The van der Waals surface area contributed by atoms with E-state index in [1.54, 1.807) is 0 Å². The fraction of sp³-hybridized carbons (Fsp3) is 0.450. The molecule has 2 aliphatic heterocycles. The average molecular weight is 385 g/mol. The number of benzene rings is 1. The lowest BCUT2D eigenvalue weighted by Gasteiger charge is -2.23. The molecule has 4 rings (SSSR count). The van der Waals surface area contributed by atoms with E-state index in [2.05, 4.69) is 22.0 Å². The summed E-state index contributed by atoms with van der Waals surface area (Å²) in [6, 6.07) is 8.36. The maximum absolute atomic E-state index is 12.6. The number of nitrogens with zero attached hydrogens (tertiary/aromatic N) is 3. The molecule has 2 amide bonds. The minimum atomic E-state index is -0.267. The van der Waals surface area contributed by atoms with Crippen LogP contribution in [0.1, 0.15) is 27.5 Å². The van der Waals surface area contributed by atoms with Gasteiger partial charge in [0, 0.05) is 55.5 Å². The van der Waals surface area contributed by atoms with Crippen molar-refractivity contribution in [3.05, 3.63) is 45.9 Å². The van der Waals surface area contributed by atoms with E-state index >= 15 is 0 Å². The number of hydrogen-bond acceptors (Lipinski definition) is 5. The van der Waals surface area contributed by atoms with Crippen LogP contribution in [0.15, 0.2) is 29.6 Å². The van der Waals surface area contributed by atoms with E-state index in [-0.39, 0.29) is 11.8 Å². The molecular weight excluding hydrogens is 360 g/mol. The first-order valence-corrected chi connectivity index (χ1v) is 10.2. The first-order chi connectivity index (χ1) is 13.0. The van der Waals surface area contributed by atoms with Gasteiger partial charge in [0.25, 0.3) is 5.91 Å². The third-order valence-corrected chi connectivity index (χ3v) is 6.32. The second kappa shape index (κ2) is 7.31. The molecule has 2 saturated heterocycles. The highest BCUT2D eigenvalue weighted by atomic mass is 32.1. The van der Waals surface area contributed by atoms with Gasteiger partial charge in [0.2, 0.25) is 5.91 Å². The molecule has 7 heteroatoms. The molecule has 0 bridgehead atoms. The van der Waals surface area contributed by atoms with Crippen molar-refractivity contribution >= 4 is 28.8 Å². The fourth-order valence-corrected chi connectivity index (χ4v) is 4.76. The van der Waals surface area contributed by atoms with Gasteiger partial charge in [-0.2, -0.15) is 0 Å². The number of nitrogens with two attached hydrogens (primary N) is 1. The lowest BCUT2D eigenvalue weighted by Crippen LogP contribution is -2.33. The van der Waals surface area contributed by atoms with Crippen LogP contribution in [0.5, 0.6) is 0 Å². The normalized spacial score (nSPS) is 21.5. The topological polar surface area (TPSA) is 79.5 Å². The molecule has 1 aromatic heterocycles. The van der Waals surface area contributed by atoms with E-state index in [4.69, 9.17) is 5.73 Å². The van der Waals surface area contributed by atoms with E-state index in [1.165, 1.54) is 17.0 Å². The largest absolute Gasteiger partial charge is 0.371 e. The first kappa shape index (κ1) is 18.0. The van der Waals surface area contributed by atoms with Crippen LogP contribution in [0, 0.1) is 18.8 Å². The number of amides is 2. The number of rotatable bonds is 5. The third kappa shape index (κ3) is 3.83. The molecule has 0 saturated carbocycles. The van der Waals surface area contributed by atoms with E-state index in [1.807, 2.05) is 29.3 Å². The fourth-order valence-electron chi connectivity index (χ4n) is 4.17. The maximum atomic E-state index is 12.6. The molecule has 2 aliphatic rings. The van der Waals surface area contributed by atoms with E-state index in [0.29, 0.717) is 30.4 Å². The molecule has 2 aromatic rings. The summed E-state index contributed by atoms with van der Waals surface area (Å²) in [6.45, 7) is 5.46. The Balaban J connectivity index is 1.38. The number of thiazole rings is 1. The molecule has 2 unspecified atom stereocenters. The minimum Gasteiger partial charge on any atom is -0.371 e. The smallest absolute Gasteiger partial charge is 0.273 e. The number of likely N-dealkylation sites (tertiary alicyclic amines) is 1. The van der Waals surface area contributed by atoms with Crippen molar-refractivity contribution in [2.24, 2.45) is 17.6 Å². The maximum Gasteiger partial charge on any atom is 0.273 e. The molecule has 142 valence electrons. The second-order valence-corrected chi connectivity index (χ2v) is 8.59. The van der Waals surface area contributed by atoms with Crippen LogP contribution in [-0.2, 0) is 11.2 Å². The molecule has 2 fully saturated rings. The zero-order valence-corrected chi connectivity index (χ0v) is 16.2. The van der Waals surface area contributed by atoms with Gasteiger partial charge in [-0.25, -0.2) is 4.98 Å². The summed E-state index contributed by atoms with van der Waals surface area (Å²) in [7, 11) is 0. The van der Waals surface area contributed by atoms with E-state index < -0.39 is 0 Å². The van der Waals surface area contributed by atoms with Crippen LogP contribution in [0.3, 0.4) is 0 Å². The molecule has 0 aliphatic carbocycles. The number of anilines is 1. The third-order valence-electron chi connectivity index (χ3n) is 5.55. The highest BCUT2D eigenvalue weighted by Gasteiger charge is 2.42. The number of primary amides is 1. The van der Waals surface area contributed by atoms with Crippen LogP contribution in [0.4, 0.5) is 5.69 Å². The van der Waals surface area contributed by atoms with Gasteiger partial charge in [-0.3, -0.25) is 9.59 Å². The minimum absolute atomic E-state index is 0.0637. The van der Waals surface area contributed by atoms with Crippen molar-refractivity contribution in [1.29, 1.82) is 0 Å². The van der Waals surface area contributed by atoms with Gasteiger partial charge in [-0.15, -0.1) is 11.3 Å². The summed E-state index contributed by atoms with van der Waals surface area (Å²) in [5, 5.41) is 2.79. The molecule has 0 spiro atoms. The number of carbonyl (C=O) groups excluding carboxylic acids is 2. The molecule has 6 nitrogen and oxygen atoms in total. The summed E-state index contributed by atoms with van der Waals surface area (Å²) in [5.74, 6) is 0.802. The number of hydrogen-bond donors (Lipinski definition) is 1. The Morgan fingerprint density at radius 2 is 1.96 bits per heavy atom. The van der Waals surface area contributed by atoms with Crippen LogP contribution in [0.25, 0.3) is 0 Å². The van der Waals surface area contributed by atoms with Gasteiger partial charge in [-0.1, -0.05) is 12.1 Å². The summed E-state index contributed by atoms with van der Waals surface area (Å²) >= 11 is 1.52. The monoisotopic (exact) mass is 384 g/mol. The van der Waals surface area contributed by atoms with Crippen molar-refractivity contribution in [3.8, 4) is 0 Å². The summed E-state index contributed by atoms with van der Waals surface area (Å²) in [4.78, 5) is 32.3. The number of aryl methyl sites for hydroxylation is 2. The summed E-state index contributed by atoms with van der Waals surface area (Å²) in [6.07, 6.45) is 1.06. The molecule has 27 heavy (non-hydrogen) atoms. The first-order valence-electron chi connectivity index (χ1n) is 9.33. The summed E-state index contributed by atoms with van der Waals surface area (Å²) in [5.41, 5.74) is 8.17. The van der Waals surface area contributed by atoms with E-state index in [0.717, 1.165) is 36.8 Å². The predicted molar refractivity (Wildman–Crippen MR) is 106 cm³/mol. The Morgan fingerprint density at radius 3 is 2.59 bits per heavy atom. The number of carbonyl (C=O) groups is 2. The van der Waals surface area contributed by atoms with Crippen LogP contribution in [0.2, 0.25) is 0 Å². The van der Waals surface area contributed by atoms with Crippen molar-refractivity contribution in [1.82, 2.24) is 9.88 Å². The van der Waals surface area contributed by atoms with Gasteiger partial charge in [-0.05, 0) is 31.0 Å². The average Bonchev–Trinajstić information content (AvgIpc) is 3.34. The lowest BCUT2D eigenvalue weighted by molar-refractivity contribution is -0.117. The van der Waals surface area contributed by atoms with Gasteiger partial charge >= 0.3 is 0 Å². The quantitative estimate of drug-likeness (QED) is 0.856. The zero-order valence-electron chi connectivity index (χ0n) is 15.4. The number of fused-ring (bicyclic) bond motifs is 1. The standard InChI is InChI=1S/C20H24N4O2S/c1-13-22-18(12-27-13)20(26)24-10-15-8-23(9-16(15)11-24)17-4-2-3-14(7-17)5-6-19(21)25/h2-4,7,12,15-16H,5-6,8-11H2,1H3,(H2,21,25). The molecule has 3 heterocycles. The Bertz CT molecular complexity index is 851. The summed E-state index contributed by atoms with van der Waals surface area (Å²) < 4.78 is 0. The molecule has 0 radical (unpaired) electrons. The Kier molecular flexibility index (Phi) is 4.86. The van der Waals surface area contributed by atoms with Crippen LogP contribution >= 0.6 is 11.3 Å². The lowest BCUT2D eigenvalue weighted by atomic mass is 10.0. The van der Waals surface area contributed by atoms with Gasteiger partial charge in [0.15, 0.2) is 0 Å². The van der Waals surface area contributed by atoms with Gasteiger partial charge < -0.3 is 15.5 Å². The second-order valence-electron chi connectivity index (χ2n) is 7.52. The SMILES string of the molecule is Cc1nc(C(=O)N2CC3CN(c4cccc(CCC(N)=O)c4)CC3C2)cs1. The molecule has 2 N–H and O–H groups in total. The van der Waals surface area contributed by atoms with Gasteiger partial charge in [0.05, 0.1) is 5.01 Å². The van der Waals surface area contributed by atoms with Crippen molar-refractivity contribution < 1.29 is 9.59 Å². The molecule has 1 aromatic carbocycles. The Labute approximate surface area is 163 Å². The number of aromatic nitrogens is 1. The molecule has 2 atom stereocenters. The Hall–Kier alpha value is -2.41.